The summed E-state index contributed by atoms with van der Waals surface area (Å²) in [7, 11) is 0. The molecule has 0 aliphatic carbocycles. The minimum absolute atomic E-state index is 0.114. The number of nitrogens with one attached hydrogen (secondary N) is 2. The third kappa shape index (κ3) is 3.33. The molecule has 0 radical (unpaired) electrons. The molecule has 5 N–H and O–H groups in total. The Morgan fingerprint density at radius 1 is 1.43 bits per heavy atom. The van der Waals surface area contributed by atoms with Crippen LogP contribution in [0.25, 0.3) is 0 Å². The molecule has 2 rings (SSSR count). The molecule has 10 nitrogen and oxygen atoms in total. The summed E-state index contributed by atoms with van der Waals surface area (Å²) in [6.45, 7) is 1.45. The highest BCUT2D eigenvalue weighted by molar-refractivity contribution is 5.87. The Balaban J connectivity index is 1.92. The Bertz CT molecular complexity index is 482. The van der Waals surface area contributed by atoms with Crippen LogP contribution in [-0.2, 0) is 9.59 Å². The molecular formula is C11H17N5O5. The monoisotopic (exact) mass is 299 g/mol. The molecule has 0 bridgehead atoms. The van der Waals surface area contributed by atoms with E-state index in [0.717, 1.165) is 0 Å². The first-order chi connectivity index (χ1) is 9.88. The van der Waals surface area contributed by atoms with Crippen molar-refractivity contribution in [3.05, 3.63) is 0 Å². The number of fused-ring (bicyclic) bond motifs is 1. The number of hydrogen-bond donors (Lipinski definition) is 4. The van der Waals surface area contributed by atoms with E-state index in [0.29, 0.717) is 26.2 Å². The number of rotatable bonds is 4. The summed E-state index contributed by atoms with van der Waals surface area (Å²) >= 11 is 0. The zero-order valence-electron chi connectivity index (χ0n) is 11.2. The van der Waals surface area contributed by atoms with E-state index in [1.54, 1.807) is 4.90 Å². The van der Waals surface area contributed by atoms with Crippen molar-refractivity contribution in [3.8, 4) is 0 Å². The quantitative estimate of drug-likeness (QED) is 0.462. The largest absolute Gasteiger partial charge is 0.480 e. The molecule has 2 aliphatic heterocycles. The summed E-state index contributed by atoms with van der Waals surface area (Å²) in [6.07, 6.45) is -0.468. The highest BCUT2D eigenvalue weighted by Crippen LogP contribution is 2.14. The van der Waals surface area contributed by atoms with Crippen LogP contribution in [-0.4, -0.2) is 77.1 Å². The van der Waals surface area contributed by atoms with Crippen LogP contribution in [0.1, 0.15) is 6.42 Å². The van der Waals surface area contributed by atoms with Crippen LogP contribution < -0.4 is 16.4 Å². The van der Waals surface area contributed by atoms with Gasteiger partial charge in [0.1, 0.15) is 6.04 Å². The van der Waals surface area contributed by atoms with Crippen molar-refractivity contribution in [2.45, 2.75) is 18.5 Å². The van der Waals surface area contributed by atoms with E-state index in [2.05, 4.69) is 10.6 Å². The van der Waals surface area contributed by atoms with E-state index < -0.39 is 30.4 Å². The topological polar surface area (TPSA) is 145 Å². The molecule has 0 saturated carbocycles. The maximum absolute atomic E-state index is 12.0. The fraction of sp³-hybridized carbons (Fsp3) is 0.636. The maximum atomic E-state index is 12.0. The average molecular weight is 299 g/mol. The lowest BCUT2D eigenvalue weighted by Crippen LogP contribution is -2.58. The standard InChI is InChI=1S/C11H17N5O5/c12-8(17)3-7(9(18)19)14-11(21)15-1-2-16-6(5-15)4-13-10(16)20/h6-7H,1-5H2,(H2,12,17)(H,13,20)(H,14,21)(H,18,19). The molecule has 2 heterocycles. The molecule has 2 saturated heterocycles. The van der Waals surface area contributed by atoms with E-state index in [1.807, 2.05) is 0 Å². The van der Waals surface area contributed by atoms with Gasteiger partial charge in [-0.2, -0.15) is 0 Å². The average Bonchev–Trinajstić information content (AvgIpc) is 2.78. The third-order valence-corrected chi connectivity index (χ3v) is 3.52. The van der Waals surface area contributed by atoms with Crippen molar-refractivity contribution in [3.63, 3.8) is 0 Å². The molecule has 116 valence electrons. The van der Waals surface area contributed by atoms with E-state index >= 15 is 0 Å². The summed E-state index contributed by atoms with van der Waals surface area (Å²) < 4.78 is 0. The van der Waals surface area contributed by atoms with E-state index in [4.69, 9.17) is 10.8 Å². The van der Waals surface area contributed by atoms with Crippen LogP contribution in [0, 0.1) is 0 Å². The number of carboxylic acid groups (broad SMARTS) is 1. The molecule has 0 aromatic rings. The third-order valence-electron chi connectivity index (χ3n) is 3.52. The summed E-state index contributed by atoms with van der Waals surface area (Å²) in [4.78, 5) is 48.3. The van der Waals surface area contributed by atoms with Gasteiger partial charge in [0.25, 0.3) is 0 Å². The molecule has 2 atom stereocenters. The second-order valence-electron chi connectivity index (χ2n) is 4.99. The number of carboxylic acids is 1. The number of aliphatic carboxylic acids is 1. The van der Waals surface area contributed by atoms with Gasteiger partial charge in [-0.15, -0.1) is 0 Å². The lowest BCUT2D eigenvalue weighted by Gasteiger charge is -2.36. The van der Waals surface area contributed by atoms with Crippen molar-refractivity contribution >= 4 is 23.9 Å². The smallest absolute Gasteiger partial charge is 0.326 e. The molecule has 0 spiro atoms. The highest BCUT2D eigenvalue weighted by Gasteiger charge is 2.37. The van der Waals surface area contributed by atoms with Gasteiger partial charge in [-0.3, -0.25) is 4.79 Å². The fourth-order valence-corrected chi connectivity index (χ4v) is 2.43. The Morgan fingerprint density at radius 3 is 2.76 bits per heavy atom. The van der Waals surface area contributed by atoms with Crippen LogP contribution in [0.2, 0.25) is 0 Å². The van der Waals surface area contributed by atoms with Crippen molar-refractivity contribution in [2.24, 2.45) is 5.73 Å². The van der Waals surface area contributed by atoms with Crippen molar-refractivity contribution in [1.82, 2.24) is 20.4 Å². The lowest BCUT2D eigenvalue weighted by molar-refractivity contribution is -0.141. The van der Waals surface area contributed by atoms with Crippen molar-refractivity contribution < 1.29 is 24.3 Å². The van der Waals surface area contributed by atoms with Crippen LogP contribution in [0.4, 0.5) is 9.59 Å². The SMILES string of the molecule is NC(=O)CC(NC(=O)N1CCN2C(=O)NCC2C1)C(=O)O. The summed E-state index contributed by atoms with van der Waals surface area (Å²) in [5.74, 6) is -2.13. The second-order valence-corrected chi connectivity index (χ2v) is 4.99. The first-order valence-corrected chi connectivity index (χ1v) is 6.49. The Labute approximate surface area is 120 Å². The maximum Gasteiger partial charge on any atom is 0.326 e. The molecule has 2 unspecified atom stereocenters. The van der Waals surface area contributed by atoms with Gasteiger partial charge in [0.05, 0.1) is 12.5 Å². The van der Waals surface area contributed by atoms with Gasteiger partial charge in [0, 0.05) is 26.2 Å². The number of urea groups is 2. The Morgan fingerprint density at radius 2 is 2.14 bits per heavy atom. The molecule has 2 aliphatic rings. The minimum atomic E-state index is -1.35. The number of primary amides is 1. The number of amides is 5. The summed E-state index contributed by atoms with van der Waals surface area (Å²) in [5, 5.41) is 13.9. The van der Waals surface area contributed by atoms with Gasteiger partial charge in [0.2, 0.25) is 5.91 Å². The van der Waals surface area contributed by atoms with Crippen LogP contribution in [0.15, 0.2) is 0 Å². The Hall–Kier alpha value is -2.52. The summed E-state index contributed by atoms with van der Waals surface area (Å²) in [5.41, 5.74) is 4.95. The fourth-order valence-electron chi connectivity index (χ4n) is 2.43. The number of piperazine rings is 1. The van der Waals surface area contributed by atoms with Crippen LogP contribution >= 0.6 is 0 Å². The molecule has 5 amide bonds. The molecule has 10 heteroatoms. The van der Waals surface area contributed by atoms with Gasteiger partial charge in [0.15, 0.2) is 0 Å². The Kier molecular flexibility index (Phi) is 4.15. The van der Waals surface area contributed by atoms with Gasteiger partial charge in [-0.05, 0) is 0 Å². The van der Waals surface area contributed by atoms with E-state index in [-0.39, 0.29) is 12.1 Å². The number of carbonyl (C=O) groups excluding carboxylic acids is 3. The first-order valence-electron chi connectivity index (χ1n) is 6.49. The predicted molar refractivity (Wildman–Crippen MR) is 69.2 cm³/mol. The van der Waals surface area contributed by atoms with Gasteiger partial charge in [-0.1, -0.05) is 0 Å². The molecule has 0 aromatic heterocycles. The van der Waals surface area contributed by atoms with E-state index in [9.17, 15) is 19.2 Å². The first kappa shape index (κ1) is 14.9. The molecule has 21 heavy (non-hydrogen) atoms. The van der Waals surface area contributed by atoms with Crippen LogP contribution in [0.5, 0.6) is 0 Å². The zero-order valence-corrected chi connectivity index (χ0v) is 11.2. The van der Waals surface area contributed by atoms with E-state index in [1.165, 1.54) is 4.90 Å². The highest BCUT2D eigenvalue weighted by atomic mass is 16.4. The van der Waals surface area contributed by atoms with Crippen molar-refractivity contribution in [1.29, 1.82) is 0 Å². The number of hydrogen-bond acceptors (Lipinski definition) is 4. The predicted octanol–water partition coefficient (Wildman–Crippen LogP) is -2.27. The normalized spacial score (nSPS) is 22.3. The molecule has 2 fully saturated rings. The number of carbonyl (C=O) groups is 4. The van der Waals surface area contributed by atoms with Crippen LogP contribution in [0.3, 0.4) is 0 Å². The number of nitrogens with zero attached hydrogens (tertiary/aromatic N) is 2. The van der Waals surface area contributed by atoms with Crippen molar-refractivity contribution in [2.75, 3.05) is 26.2 Å². The zero-order chi connectivity index (χ0) is 15.6. The second kappa shape index (κ2) is 5.85. The summed E-state index contributed by atoms with van der Waals surface area (Å²) in [6, 6.07) is -2.20. The van der Waals surface area contributed by atoms with Gasteiger partial charge >= 0.3 is 18.0 Å². The van der Waals surface area contributed by atoms with Gasteiger partial charge < -0.3 is 31.3 Å². The molecular weight excluding hydrogens is 282 g/mol. The van der Waals surface area contributed by atoms with Gasteiger partial charge in [-0.25, -0.2) is 14.4 Å². The molecule has 0 aromatic carbocycles. The minimum Gasteiger partial charge on any atom is -0.480 e. The number of nitrogens with two attached hydrogens (primary N) is 1. The lowest BCUT2D eigenvalue weighted by atomic mass is 10.2.